The molecule has 2 aromatic carbocycles. The quantitative estimate of drug-likeness (QED) is 0.590. The third-order valence-corrected chi connectivity index (χ3v) is 5.52. The van der Waals surface area contributed by atoms with Crippen LogP contribution in [0.4, 0.5) is 0 Å². The van der Waals surface area contributed by atoms with Crippen molar-refractivity contribution in [3.63, 3.8) is 0 Å². The van der Waals surface area contributed by atoms with Crippen molar-refractivity contribution in [3.8, 4) is 22.8 Å². The van der Waals surface area contributed by atoms with E-state index in [1.54, 1.807) is 18.2 Å². The topological polar surface area (TPSA) is 71.5 Å². The van der Waals surface area contributed by atoms with E-state index in [4.69, 9.17) is 16.3 Å². The lowest BCUT2D eigenvalue weighted by molar-refractivity contribution is 0.0717. The number of rotatable bonds is 5. The zero-order valence-electron chi connectivity index (χ0n) is 16.4. The highest BCUT2D eigenvalue weighted by Gasteiger charge is 2.25. The Balaban J connectivity index is 1.64. The Labute approximate surface area is 180 Å². The highest BCUT2D eigenvalue weighted by Crippen LogP contribution is 2.33. The van der Waals surface area contributed by atoms with Crippen molar-refractivity contribution in [2.75, 3.05) is 0 Å². The maximum atomic E-state index is 12.8. The lowest BCUT2D eigenvalue weighted by Crippen LogP contribution is -2.45. The minimum absolute atomic E-state index is 0.231. The van der Waals surface area contributed by atoms with Crippen molar-refractivity contribution >= 4 is 17.5 Å². The van der Waals surface area contributed by atoms with Gasteiger partial charge < -0.3 is 15.2 Å². The molecule has 1 saturated carbocycles. The van der Waals surface area contributed by atoms with Crippen LogP contribution in [0.1, 0.15) is 36.0 Å². The maximum Gasteiger partial charge on any atom is 0.253 e. The van der Waals surface area contributed by atoms with E-state index < -0.39 is 6.10 Å². The van der Waals surface area contributed by atoms with E-state index in [-0.39, 0.29) is 11.9 Å². The molecule has 0 spiro atoms. The third kappa shape index (κ3) is 4.81. The number of aromatic nitrogens is 1. The number of ether oxygens (including phenoxy) is 1. The molecule has 2 atom stereocenters. The first-order valence-electron chi connectivity index (χ1n) is 10.1. The summed E-state index contributed by atoms with van der Waals surface area (Å²) in [6.45, 7) is 0. The lowest BCUT2D eigenvalue weighted by Gasteiger charge is -2.28. The fourth-order valence-electron chi connectivity index (χ4n) is 3.63. The number of para-hydroxylation sites is 1. The number of pyridine rings is 1. The summed E-state index contributed by atoms with van der Waals surface area (Å²) in [6.07, 6.45) is 4.47. The second-order valence-electron chi connectivity index (χ2n) is 7.43. The van der Waals surface area contributed by atoms with Crippen molar-refractivity contribution in [3.05, 3.63) is 77.4 Å². The molecule has 5 nitrogen and oxygen atoms in total. The number of amides is 1. The molecule has 3 aromatic rings. The average molecular weight is 423 g/mol. The van der Waals surface area contributed by atoms with E-state index in [0.29, 0.717) is 34.2 Å². The van der Waals surface area contributed by atoms with Gasteiger partial charge in [-0.25, -0.2) is 4.98 Å². The Hall–Kier alpha value is -2.89. The Kier molecular flexibility index (Phi) is 6.31. The molecule has 30 heavy (non-hydrogen) atoms. The van der Waals surface area contributed by atoms with Crippen LogP contribution in [0.3, 0.4) is 0 Å². The van der Waals surface area contributed by atoms with Gasteiger partial charge in [0.25, 0.3) is 5.91 Å². The van der Waals surface area contributed by atoms with E-state index in [1.807, 2.05) is 42.5 Å². The summed E-state index contributed by atoms with van der Waals surface area (Å²) in [5.41, 5.74) is 1.94. The van der Waals surface area contributed by atoms with Gasteiger partial charge in [0.2, 0.25) is 5.88 Å². The van der Waals surface area contributed by atoms with Gasteiger partial charge in [-0.1, -0.05) is 54.8 Å². The van der Waals surface area contributed by atoms with Gasteiger partial charge in [0.05, 0.1) is 17.7 Å². The summed E-state index contributed by atoms with van der Waals surface area (Å²) >= 11 is 6.04. The summed E-state index contributed by atoms with van der Waals surface area (Å²) in [7, 11) is 0. The number of carbonyl (C=O) groups is 1. The van der Waals surface area contributed by atoms with Gasteiger partial charge in [-0.3, -0.25) is 4.79 Å². The highest BCUT2D eigenvalue weighted by atomic mass is 35.5. The van der Waals surface area contributed by atoms with E-state index in [1.165, 1.54) is 6.20 Å². The molecule has 1 amide bonds. The molecule has 2 N–H and O–H groups in total. The molecule has 0 radical (unpaired) electrons. The van der Waals surface area contributed by atoms with Gasteiger partial charge >= 0.3 is 0 Å². The number of hydrogen-bond acceptors (Lipinski definition) is 4. The van der Waals surface area contributed by atoms with Crippen molar-refractivity contribution < 1.29 is 14.6 Å². The molecule has 1 aliphatic rings. The summed E-state index contributed by atoms with van der Waals surface area (Å²) in [5.74, 6) is 0.801. The van der Waals surface area contributed by atoms with E-state index in [9.17, 15) is 9.90 Å². The monoisotopic (exact) mass is 422 g/mol. The molecule has 1 heterocycles. The summed E-state index contributed by atoms with van der Waals surface area (Å²) in [5, 5.41) is 13.7. The van der Waals surface area contributed by atoms with Crippen LogP contribution < -0.4 is 10.1 Å². The Bertz CT molecular complexity index is 1010. The molecule has 0 saturated heterocycles. The SMILES string of the molecule is O=C(NC1CCCC[C@H]1O)c1cnc(Oc2ccccc2)c(-c2ccc(Cl)cc2)c1. The number of aliphatic hydroxyl groups is 1. The first-order chi connectivity index (χ1) is 14.6. The van der Waals surface area contributed by atoms with Gasteiger partial charge in [-0.2, -0.15) is 0 Å². The molecule has 154 valence electrons. The molecule has 0 bridgehead atoms. The number of nitrogens with zero attached hydrogens (tertiary/aromatic N) is 1. The van der Waals surface area contributed by atoms with E-state index in [2.05, 4.69) is 10.3 Å². The van der Waals surface area contributed by atoms with Gasteiger partial charge in [0.1, 0.15) is 5.75 Å². The summed E-state index contributed by atoms with van der Waals surface area (Å²) in [4.78, 5) is 17.3. The molecule has 6 heteroatoms. The molecular weight excluding hydrogens is 400 g/mol. The molecule has 1 aliphatic carbocycles. The van der Waals surface area contributed by atoms with Crippen LogP contribution in [0.2, 0.25) is 5.02 Å². The normalized spacial score (nSPS) is 18.6. The minimum Gasteiger partial charge on any atom is -0.438 e. The fourth-order valence-corrected chi connectivity index (χ4v) is 3.75. The molecule has 1 unspecified atom stereocenters. The second kappa shape index (κ2) is 9.28. The maximum absolute atomic E-state index is 12.8. The van der Waals surface area contributed by atoms with Crippen LogP contribution >= 0.6 is 11.6 Å². The van der Waals surface area contributed by atoms with Crippen molar-refractivity contribution in [1.29, 1.82) is 0 Å². The number of benzene rings is 2. The molecule has 4 rings (SSSR count). The van der Waals surface area contributed by atoms with Crippen LogP contribution in [0.15, 0.2) is 66.9 Å². The standard InChI is InChI=1S/C24H23ClN2O3/c25-18-12-10-16(11-13-18)20-14-17(23(29)27-21-8-4-5-9-22(21)28)15-26-24(20)30-19-6-2-1-3-7-19/h1-3,6-7,10-15,21-22,28H,4-5,8-9H2,(H,27,29)/t21?,22-/m1/s1. The minimum atomic E-state index is -0.507. The predicted molar refractivity (Wildman–Crippen MR) is 117 cm³/mol. The number of halogens is 1. The van der Waals surface area contributed by atoms with Crippen LogP contribution in [0.25, 0.3) is 11.1 Å². The Morgan fingerprint density at radius 2 is 1.80 bits per heavy atom. The first kappa shape index (κ1) is 20.4. The average Bonchev–Trinajstić information content (AvgIpc) is 2.77. The third-order valence-electron chi connectivity index (χ3n) is 5.27. The van der Waals surface area contributed by atoms with Crippen LogP contribution in [0, 0.1) is 0 Å². The van der Waals surface area contributed by atoms with E-state index >= 15 is 0 Å². The first-order valence-corrected chi connectivity index (χ1v) is 10.5. The van der Waals surface area contributed by atoms with Crippen molar-refractivity contribution in [2.24, 2.45) is 0 Å². The highest BCUT2D eigenvalue weighted by molar-refractivity contribution is 6.30. The second-order valence-corrected chi connectivity index (χ2v) is 7.87. The zero-order valence-corrected chi connectivity index (χ0v) is 17.2. The Morgan fingerprint density at radius 3 is 2.53 bits per heavy atom. The van der Waals surface area contributed by atoms with Crippen LogP contribution in [0.5, 0.6) is 11.6 Å². The van der Waals surface area contributed by atoms with Crippen molar-refractivity contribution in [1.82, 2.24) is 10.3 Å². The molecule has 0 aliphatic heterocycles. The van der Waals surface area contributed by atoms with Gasteiger partial charge in [0.15, 0.2) is 0 Å². The van der Waals surface area contributed by atoms with Crippen LogP contribution in [-0.4, -0.2) is 28.1 Å². The number of carbonyl (C=O) groups excluding carboxylic acids is 1. The zero-order chi connectivity index (χ0) is 20.9. The smallest absolute Gasteiger partial charge is 0.253 e. The lowest BCUT2D eigenvalue weighted by atomic mass is 9.92. The number of aliphatic hydroxyl groups excluding tert-OH is 1. The number of nitrogens with one attached hydrogen (secondary N) is 1. The van der Waals surface area contributed by atoms with Gasteiger partial charge in [-0.05, 0) is 48.7 Å². The predicted octanol–water partition coefficient (Wildman–Crippen LogP) is 5.23. The van der Waals surface area contributed by atoms with Gasteiger partial charge in [0, 0.05) is 16.8 Å². The van der Waals surface area contributed by atoms with E-state index in [0.717, 1.165) is 24.8 Å². The number of hydrogen-bond donors (Lipinski definition) is 2. The van der Waals surface area contributed by atoms with Crippen LogP contribution in [-0.2, 0) is 0 Å². The molecule has 1 fully saturated rings. The molecular formula is C24H23ClN2O3. The Morgan fingerprint density at radius 1 is 1.07 bits per heavy atom. The van der Waals surface area contributed by atoms with Gasteiger partial charge in [-0.15, -0.1) is 0 Å². The van der Waals surface area contributed by atoms with Crippen molar-refractivity contribution in [2.45, 2.75) is 37.8 Å². The summed E-state index contributed by atoms with van der Waals surface area (Å²) < 4.78 is 5.98. The summed E-state index contributed by atoms with van der Waals surface area (Å²) in [6, 6.07) is 18.2. The largest absolute Gasteiger partial charge is 0.438 e. The fraction of sp³-hybridized carbons (Fsp3) is 0.250. The molecule has 1 aromatic heterocycles.